The van der Waals surface area contributed by atoms with Crippen LogP contribution in [0.2, 0.25) is 15.1 Å². The van der Waals surface area contributed by atoms with Crippen molar-refractivity contribution in [3.05, 3.63) is 63.6 Å². The Morgan fingerprint density at radius 1 is 1.09 bits per heavy atom. The first-order chi connectivity index (χ1) is 10.5. The second kappa shape index (κ2) is 7.45. The molecule has 0 saturated carbocycles. The minimum Gasteiger partial charge on any atom is -0.467 e. The van der Waals surface area contributed by atoms with E-state index in [2.05, 4.69) is 5.10 Å². The minimum atomic E-state index is 0.368. The van der Waals surface area contributed by atoms with Crippen molar-refractivity contribution in [1.29, 1.82) is 0 Å². The van der Waals surface area contributed by atoms with E-state index in [-0.39, 0.29) is 0 Å². The van der Waals surface area contributed by atoms with Crippen LogP contribution in [0.15, 0.2) is 47.2 Å². The molecule has 0 aliphatic carbocycles. The molecule has 0 atom stereocenters. The van der Waals surface area contributed by atoms with Gasteiger partial charge in [0.2, 0.25) is 0 Å². The van der Waals surface area contributed by atoms with E-state index in [1.54, 1.807) is 35.3 Å². The van der Waals surface area contributed by atoms with Crippen molar-refractivity contribution < 1.29 is 4.42 Å². The van der Waals surface area contributed by atoms with E-state index < -0.39 is 0 Å². The largest absolute Gasteiger partial charge is 0.467 e. The summed E-state index contributed by atoms with van der Waals surface area (Å²) in [4.78, 5) is 0. The number of rotatable bonds is 2. The summed E-state index contributed by atoms with van der Waals surface area (Å²) in [6.45, 7) is 0.589. The van der Waals surface area contributed by atoms with Crippen LogP contribution in [-0.2, 0) is 6.54 Å². The first-order valence-electron chi connectivity index (χ1n) is 6.17. The number of halogens is 3. The molecular weight excluding hydrogens is 347 g/mol. The highest BCUT2D eigenvalue weighted by molar-refractivity contribution is 6.41. The monoisotopic (exact) mass is 358 g/mol. The van der Waals surface area contributed by atoms with E-state index in [1.165, 1.54) is 0 Å². The lowest BCUT2D eigenvalue weighted by Gasteiger charge is -1.99. The summed E-state index contributed by atoms with van der Waals surface area (Å²) < 4.78 is 6.82. The molecule has 3 rings (SSSR count). The summed E-state index contributed by atoms with van der Waals surface area (Å²) in [7, 11) is 0. The molecule has 116 valence electrons. The van der Waals surface area contributed by atoms with Crippen molar-refractivity contribution in [2.45, 2.75) is 6.54 Å². The summed E-state index contributed by atoms with van der Waals surface area (Å²) in [5, 5.41) is 5.29. The Morgan fingerprint density at radius 3 is 2.27 bits per heavy atom. The van der Waals surface area contributed by atoms with Gasteiger partial charge >= 0.3 is 0 Å². The van der Waals surface area contributed by atoms with E-state index in [9.17, 15) is 0 Å². The van der Waals surface area contributed by atoms with Crippen LogP contribution < -0.4 is 11.5 Å². The molecule has 0 amide bonds. The molecule has 1 aromatic carbocycles. The molecule has 0 fully saturated rings. The average molecular weight is 360 g/mol. The topological polar surface area (TPSA) is 83.0 Å². The van der Waals surface area contributed by atoms with Crippen LogP contribution in [0.1, 0.15) is 5.76 Å². The van der Waals surface area contributed by atoms with Crippen LogP contribution in [0.25, 0.3) is 0 Å². The lowest BCUT2D eigenvalue weighted by Crippen LogP contribution is -2.04. The smallest absolute Gasteiger partial charge is 0.125 e. The molecule has 2 heterocycles. The number of nitrogens with zero attached hydrogens (tertiary/aromatic N) is 2. The molecule has 0 bridgehead atoms. The number of hydrogen-bond donors (Lipinski definition) is 2. The number of nitrogen functional groups attached to an aromatic ring is 2. The Hall–Kier alpha value is -1.82. The summed E-state index contributed by atoms with van der Waals surface area (Å²) in [5.41, 5.74) is 11.4. The van der Waals surface area contributed by atoms with Gasteiger partial charge in [-0.05, 0) is 30.3 Å². The van der Waals surface area contributed by atoms with Gasteiger partial charge in [0.05, 0.1) is 28.2 Å². The van der Waals surface area contributed by atoms with Crippen molar-refractivity contribution in [2.75, 3.05) is 11.5 Å². The van der Waals surface area contributed by atoms with Gasteiger partial charge in [0.15, 0.2) is 0 Å². The number of furan rings is 1. The second-order valence-electron chi connectivity index (χ2n) is 4.28. The maximum atomic E-state index is 5.63. The molecule has 8 heteroatoms. The van der Waals surface area contributed by atoms with Crippen molar-refractivity contribution in [2.24, 2.45) is 0 Å². The maximum Gasteiger partial charge on any atom is 0.125 e. The fourth-order valence-corrected chi connectivity index (χ4v) is 2.40. The fourth-order valence-electron chi connectivity index (χ4n) is 1.58. The van der Waals surface area contributed by atoms with E-state index in [0.29, 0.717) is 33.1 Å². The van der Waals surface area contributed by atoms with Crippen molar-refractivity contribution in [3.8, 4) is 0 Å². The van der Waals surface area contributed by atoms with Gasteiger partial charge in [0.1, 0.15) is 18.1 Å². The number of benzene rings is 1. The normalized spacial score (nSPS) is 10.1. The van der Waals surface area contributed by atoms with Crippen LogP contribution in [0.5, 0.6) is 0 Å². The molecule has 0 saturated heterocycles. The van der Waals surface area contributed by atoms with Crippen LogP contribution in [0, 0.1) is 0 Å². The van der Waals surface area contributed by atoms with Crippen LogP contribution >= 0.6 is 34.8 Å². The fraction of sp³-hybridized carbons (Fsp3) is 0.0714. The highest BCUT2D eigenvalue weighted by Crippen LogP contribution is 2.30. The van der Waals surface area contributed by atoms with Gasteiger partial charge in [-0.15, -0.1) is 0 Å². The molecule has 0 radical (unpaired) electrons. The number of aromatic nitrogens is 2. The Morgan fingerprint density at radius 2 is 1.77 bits per heavy atom. The van der Waals surface area contributed by atoms with E-state index in [4.69, 9.17) is 50.7 Å². The first kappa shape index (κ1) is 16.5. The Balaban J connectivity index is 0.000000164. The molecule has 4 N–H and O–H groups in total. The summed E-state index contributed by atoms with van der Waals surface area (Å²) in [5.74, 6) is 1.50. The number of anilines is 2. The van der Waals surface area contributed by atoms with Crippen molar-refractivity contribution in [1.82, 2.24) is 9.78 Å². The quantitative estimate of drug-likeness (QED) is 0.667. The molecule has 0 unspecified atom stereocenters. The average Bonchev–Trinajstić information content (AvgIpc) is 3.10. The highest BCUT2D eigenvalue weighted by Gasteiger charge is 2.02. The van der Waals surface area contributed by atoms with Gasteiger partial charge in [-0.3, -0.25) is 0 Å². The van der Waals surface area contributed by atoms with Gasteiger partial charge in [-0.1, -0.05) is 34.8 Å². The standard InChI is InChI=1S/C8H9N3O.C6H4Cl3N/c9-8-3-4-10-11(8)6-7-2-1-5-12-7;7-3-1-4(8)6(10)5(9)2-3/h1-5H,6,9H2;1-2H,10H2. The van der Waals surface area contributed by atoms with Crippen molar-refractivity contribution >= 4 is 46.3 Å². The Kier molecular flexibility index (Phi) is 5.60. The van der Waals surface area contributed by atoms with Gasteiger partial charge in [-0.2, -0.15) is 5.10 Å². The maximum absolute atomic E-state index is 5.63. The number of hydrogen-bond acceptors (Lipinski definition) is 4. The first-order valence-corrected chi connectivity index (χ1v) is 7.30. The van der Waals surface area contributed by atoms with E-state index >= 15 is 0 Å². The lowest BCUT2D eigenvalue weighted by molar-refractivity contribution is 0.482. The summed E-state index contributed by atoms with van der Waals surface area (Å²) in [6, 6.07) is 8.58. The Labute approximate surface area is 142 Å². The molecule has 0 spiro atoms. The predicted molar refractivity (Wildman–Crippen MR) is 90.3 cm³/mol. The molecule has 5 nitrogen and oxygen atoms in total. The van der Waals surface area contributed by atoms with Crippen molar-refractivity contribution in [3.63, 3.8) is 0 Å². The highest BCUT2D eigenvalue weighted by atomic mass is 35.5. The van der Waals surface area contributed by atoms with Gasteiger partial charge in [0, 0.05) is 5.02 Å². The molecule has 3 aromatic rings. The zero-order valence-corrected chi connectivity index (χ0v) is 13.6. The molecular formula is C14H13Cl3N4O. The van der Waals surface area contributed by atoms with Crippen LogP contribution in [-0.4, -0.2) is 9.78 Å². The molecule has 0 aliphatic heterocycles. The van der Waals surface area contributed by atoms with Gasteiger partial charge in [-0.25, -0.2) is 4.68 Å². The van der Waals surface area contributed by atoms with Crippen LogP contribution in [0.4, 0.5) is 11.5 Å². The third kappa shape index (κ3) is 4.34. The molecule has 22 heavy (non-hydrogen) atoms. The van der Waals surface area contributed by atoms with Gasteiger partial charge in [0.25, 0.3) is 0 Å². The zero-order valence-electron chi connectivity index (χ0n) is 11.3. The second-order valence-corrected chi connectivity index (χ2v) is 5.53. The predicted octanol–water partition coefficient (Wildman–Crippen LogP) is 4.34. The summed E-state index contributed by atoms with van der Waals surface area (Å²) >= 11 is 16.8. The molecule has 0 aliphatic rings. The third-order valence-corrected chi connectivity index (χ3v) is 3.52. The third-order valence-electron chi connectivity index (χ3n) is 2.68. The zero-order chi connectivity index (χ0) is 16.1. The lowest BCUT2D eigenvalue weighted by atomic mass is 10.3. The SMILES string of the molecule is Nc1c(Cl)cc(Cl)cc1Cl.Nc1ccnn1Cc1ccco1. The minimum absolute atomic E-state index is 0.368. The number of nitrogens with two attached hydrogens (primary N) is 2. The summed E-state index contributed by atoms with van der Waals surface area (Å²) in [6.07, 6.45) is 3.30. The van der Waals surface area contributed by atoms with Crippen LogP contribution in [0.3, 0.4) is 0 Å². The van der Waals surface area contributed by atoms with E-state index in [0.717, 1.165) is 5.76 Å². The Bertz CT molecular complexity index is 717. The van der Waals surface area contributed by atoms with E-state index in [1.807, 2.05) is 12.1 Å². The van der Waals surface area contributed by atoms with Gasteiger partial charge < -0.3 is 15.9 Å². The molecule has 2 aromatic heterocycles.